The number of nitrogens with zero attached hydrogens (tertiary/aromatic N) is 3. The highest BCUT2D eigenvalue weighted by Crippen LogP contribution is 2.20. The maximum Gasteiger partial charge on any atom is 0.332 e. The van der Waals surface area contributed by atoms with Crippen LogP contribution in [0, 0.1) is 6.92 Å². The Morgan fingerprint density at radius 3 is 2.63 bits per heavy atom. The second kappa shape index (κ2) is 4.85. The molecule has 0 aliphatic rings. The Balaban J connectivity index is 2.92. The van der Waals surface area contributed by atoms with E-state index in [9.17, 15) is 9.59 Å². The Kier molecular flexibility index (Phi) is 3.39. The largest absolute Gasteiger partial charge is 0.395 e. The first-order chi connectivity index (χ1) is 8.99. The van der Waals surface area contributed by atoms with Crippen molar-refractivity contribution in [1.29, 1.82) is 0 Å². The normalized spacial score (nSPS) is 10.9. The van der Waals surface area contributed by atoms with Crippen LogP contribution in [-0.2, 0) is 14.1 Å². The van der Waals surface area contributed by atoms with Gasteiger partial charge in [0.25, 0.3) is 5.56 Å². The molecule has 2 rings (SSSR count). The summed E-state index contributed by atoms with van der Waals surface area (Å²) in [5.41, 5.74) is 0.919. The first-order valence-electron chi connectivity index (χ1n) is 5.89. The zero-order valence-corrected chi connectivity index (χ0v) is 11.1. The van der Waals surface area contributed by atoms with Gasteiger partial charge in [0.05, 0.1) is 12.3 Å². The summed E-state index contributed by atoms with van der Waals surface area (Å²) >= 11 is 0. The summed E-state index contributed by atoms with van der Waals surface area (Å²) in [5, 5.41) is 12.3. The highest BCUT2D eigenvalue weighted by atomic mass is 16.3. The lowest BCUT2D eigenvalue weighted by Gasteiger charge is -2.13. The first-order valence-corrected chi connectivity index (χ1v) is 5.89. The lowest BCUT2D eigenvalue weighted by molar-refractivity contribution is 0.311. The minimum absolute atomic E-state index is 0.0463. The third kappa shape index (κ3) is 2.01. The van der Waals surface area contributed by atoms with Crippen molar-refractivity contribution in [3.63, 3.8) is 0 Å². The average Bonchev–Trinajstić information content (AvgIpc) is 2.41. The molecule has 0 spiro atoms. The van der Waals surface area contributed by atoms with E-state index in [-0.39, 0.29) is 6.61 Å². The summed E-state index contributed by atoms with van der Waals surface area (Å²) in [6.45, 7) is 2.10. The molecule has 0 atom stereocenters. The van der Waals surface area contributed by atoms with E-state index in [0.717, 1.165) is 10.1 Å². The van der Waals surface area contributed by atoms with E-state index in [1.807, 2.05) is 6.92 Å². The fourth-order valence-electron chi connectivity index (χ4n) is 2.03. The molecule has 2 heterocycles. The van der Waals surface area contributed by atoms with Crippen LogP contribution >= 0.6 is 0 Å². The fourth-order valence-corrected chi connectivity index (χ4v) is 2.03. The molecule has 0 aromatic carbocycles. The number of aromatic nitrogens is 3. The highest BCUT2D eigenvalue weighted by Gasteiger charge is 2.15. The van der Waals surface area contributed by atoms with Gasteiger partial charge >= 0.3 is 5.69 Å². The van der Waals surface area contributed by atoms with Gasteiger partial charge < -0.3 is 10.4 Å². The summed E-state index contributed by atoms with van der Waals surface area (Å²) < 4.78 is 2.38. The summed E-state index contributed by atoms with van der Waals surface area (Å²) in [6.07, 6.45) is 1.60. The maximum absolute atomic E-state index is 12.2. The standard InChI is InChI=1S/C12H16N4O3/c1-7-6-14-10-8(9(7)13-4-5-17)11(18)16(3)12(19)15(10)2/h6,17H,4-5H2,1-3H3,(H,13,14). The minimum Gasteiger partial charge on any atom is -0.395 e. The molecule has 19 heavy (non-hydrogen) atoms. The second-order valence-corrected chi connectivity index (χ2v) is 4.37. The Morgan fingerprint density at radius 2 is 2.00 bits per heavy atom. The van der Waals surface area contributed by atoms with Crippen molar-refractivity contribution in [2.24, 2.45) is 14.1 Å². The van der Waals surface area contributed by atoms with Crippen molar-refractivity contribution in [3.8, 4) is 0 Å². The number of aryl methyl sites for hydroxylation is 2. The Bertz CT molecular complexity index is 745. The molecule has 7 heteroatoms. The summed E-state index contributed by atoms with van der Waals surface area (Å²) in [5.74, 6) is 0. The van der Waals surface area contributed by atoms with Gasteiger partial charge in [0.1, 0.15) is 5.39 Å². The molecule has 0 aliphatic heterocycles. The summed E-state index contributed by atoms with van der Waals surface area (Å²) in [4.78, 5) is 28.2. The molecular formula is C12H16N4O3. The molecule has 0 aliphatic carbocycles. The number of rotatable bonds is 3. The molecule has 0 radical (unpaired) electrons. The Morgan fingerprint density at radius 1 is 1.32 bits per heavy atom. The molecule has 0 unspecified atom stereocenters. The lowest BCUT2D eigenvalue weighted by Crippen LogP contribution is -2.37. The number of aliphatic hydroxyl groups excluding tert-OH is 1. The quantitative estimate of drug-likeness (QED) is 0.768. The maximum atomic E-state index is 12.2. The molecule has 0 fully saturated rings. The van der Waals surface area contributed by atoms with Crippen LogP contribution in [0.25, 0.3) is 11.0 Å². The molecule has 2 aromatic rings. The molecule has 7 nitrogen and oxygen atoms in total. The topological polar surface area (TPSA) is 89.2 Å². The van der Waals surface area contributed by atoms with Crippen molar-refractivity contribution in [2.75, 3.05) is 18.5 Å². The van der Waals surface area contributed by atoms with Gasteiger partial charge in [-0.3, -0.25) is 13.9 Å². The van der Waals surface area contributed by atoms with Crippen molar-refractivity contribution in [1.82, 2.24) is 14.1 Å². The first kappa shape index (κ1) is 13.3. The third-order valence-electron chi connectivity index (χ3n) is 3.07. The Hall–Kier alpha value is -2.15. The van der Waals surface area contributed by atoms with Gasteiger partial charge in [-0.1, -0.05) is 0 Å². The lowest BCUT2D eigenvalue weighted by atomic mass is 10.2. The van der Waals surface area contributed by atoms with Gasteiger partial charge in [-0.15, -0.1) is 0 Å². The van der Waals surface area contributed by atoms with E-state index in [0.29, 0.717) is 23.3 Å². The van der Waals surface area contributed by atoms with Crippen molar-refractivity contribution < 1.29 is 5.11 Å². The smallest absolute Gasteiger partial charge is 0.332 e. The number of fused-ring (bicyclic) bond motifs is 1. The van der Waals surface area contributed by atoms with Crippen LogP contribution in [-0.4, -0.2) is 32.4 Å². The molecule has 0 bridgehead atoms. The van der Waals surface area contributed by atoms with E-state index in [2.05, 4.69) is 10.3 Å². The summed E-state index contributed by atoms with van der Waals surface area (Å²) in [7, 11) is 3.00. The minimum atomic E-state index is -0.415. The monoisotopic (exact) mass is 264 g/mol. The van der Waals surface area contributed by atoms with E-state index in [4.69, 9.17) is 5.11 Å². The molecular weight excluding hydrogens is 248 g/mol. The molecule has 2 aromatic heterocycles. The molecule has 2 N–H and O–H groups in total. The number of nitrogens with one attached hydrogen (secondary N) is 1. The van der Waals surface area contributed by atoms with Crippen LogP contribution in [0.2, 0.25) is 0 Å². The number of pyridine rings is 1. The van der Waals surface area contributed by atoms with Crippen LogP contribution in [0.15, 0.2) is 15.8 Å². The predicted octanol–water partition coefficient (Wildman–Crippen LogP) is -0.655. The number of hydrogen-bond donors (Lipinski definition) is 2. The number of hydrogen-bond acceptors (Lipinski definition) is 5. The molecule has 0 amide bonds. The van der Waals surface area contributed by atoms with Gasteiger partial charge in [0.2, 0.25) is 0 Å². The zero-order valence-electron chi connectivity index (χ0n) is 11.1. The van der Waals surface area contributed by atoms with E-state index in [1.54, 1.807) is 13.2 Å². The van der Waals surface area contributed by atoms with Gasteiger partial charge in [0, 0.05) is 26.8 Å². The van der Waals surface area contributed by atoms with Gasteiger partial charge in [0.15, 0.2) is 5.65 Å². The molecule has 102 valence electrons. The third-order valence-corrected chi connectivity index (χ3v) is 3.07. The van der Waals surface area contributed by atoms with Crippen LogP contribution in [0.4, 0.5) is 5.69 Å². The van der Waals surface area contributed by atoms with Gasteiger partial charge in [-0.05, 0) is 12.5 Å². The number of aliphatic hydroxyl groups is 1. The fraction of sp³-hybridized carbons (Fsp3) is 0.417. The second-order valence-electron chi connectivity index (χ2n) is 4.37. The summed E-state index contributed by atoms with van der Waals surface area (Å²) in [6, 6.07) is 0. The van der Waals surface area contributed by atoms with Crippen LogP contribution in [0.1, 0.15) is 5.56 Å². The van der Waals surface area contributed by atoms with Crippen molar-refractivity contribution in [3.05, 3.63) is 32.6 Å². The Labute approximate surface area is 109 Å². The zero-order chi connectivity index (χ0) is 14.2. The van der Waals surface area contributed by atoms with Gasteiger partial charge in [-0.2, -0.15) is 0 Å². The predicted molar refractivity (Wildman–Crippen MR) is 72.5 cm³/mol. The molecule has 0 saturated heterocycles. The SMILES string of the molecule is Cc1cnc2c(c1NCCO)c(=O)n(C)c(=O)n2C. The van der Waals surface area contributed by atoms with Crippen molar-refractivity contribution in [2.45, 2.75) is 6.92 Å². The van der Waals surface area contributed by atoms with Crippen molar-refractivity contribution >= 4 is 16.7 Å². The van der Waals surface area contributed by atoms with Gasteiger partial charge in [-0.25, -0.2) is 9.78 Å². The van der Waals surface area contributed by atoms with Crippen LogP contribution < -0.4 is 16.6 Å². The van der Waals surface area contributed by atoms with E-state index in [1.165, 1.54) is 11.6 Å². The highest BCUT2D eigenvalue weighted by molar-refractivity contribution is 5.89. The van der Waals surface area contributed by atoms with Crippen LogP contribution in [0.5, 0.6) is 0 Å². The van der Waals surface area contributed by atoms with Crippen LogP contribution in [0.3, 0.4) is 0 Å². The number of anilines is 1. The van der Waals surface area contributed by atoms with E-state index < -0.39 is 11.2 Å². The molecule has 0 saturated carbocycles. The van der Waals surface area contributed by atoms with E-state index >= 15 is 0 Å². The average molecular weight is 264 g/mol.